The molecule has 0 saturated carbocycles. The summed E-state index contributed by atoms with van der Waals surface area (Å²) in [7, 11) is -1.72. The minimum Gasteiger partial charge on any atom is -0.544 e. The summed E-state index contributed by atoms with van der Waals surface area (Å²) in [6.45, 7) is 14.1. The summed E-state index contributed by atoms with van der Waals surface area (Å²) < 4.78 is 74.8. The van der Waals surface area contributed by atoms with Gasteiger partial charge < -0.3 is 62.4 Å². The van der Waals surface area contributed by atoms with Crippen molar-refractivity contribution >= 4 is 36.4 Å². The molecule has 0 heterocycles. The second-order valence-electron chi connectivity index (χ2n) is 8.05. The Labute approximate surface area is 269 Å². The number of carbonyl (C=O) groups excluding carboxylic acids is 1. The lowest BCUT2D eigenvalue weighted by Crippen LogP contribution is -2.70. The van der Waals surface area contributed by atoms with Crippen LogP contribution in [-0.4, -0.2) is 104 Å². The molecule has 0 aliphatic carbocycles. The highest BCUT2D eigenvalue weighted by Crippen LogP contribution is 2.45. The first-order chi connectivity index (χ1) is 17.3. The SMILES string of the molecule is C.C.C.C.C.[CH2-]P(=O)(O)OC.[CH2-]P(=O)(OC)OCC([NH3+])C(=O)[O-].[CH2-]P(=O)(OC)OCC[N+](C)(C)C.[CH2-]P(=O)(OC)OCC[NH3+]. The van der Waals surface area contributed by atoms with E-state index in [1.54, 1.807) is 0 Å². The van der Waals surface area contributed by atoms with Gasteiger partial charge in [-0.15, -0.1) is 0 Å². The van der Waals surface area contributed by atoms with Crippen molar-refractivity contribution in [2.45, 2.75) is 43.2 Å². The summed E-state index contributed by atoms with van der Waals surface area (Å²) >= 11 is 0. The van der Waals surface area contributed by atoms with Gasteiger partial charge in [0.25, 0.3) is 0 Å². The van der Waals surface area contributed by atoms with Crippen LogP contribution < -0.4 is 16.6 Å². The molecule has 0 aromatic heterocycles. The fourth-order valence-electron chi connectivity index (χ4n) is 1.09. The summed E-state index contributed by atoms with van der Waals surface area (Å²) in [5, 5.41) is 10.1. The number of rotatable bonds is 15. The minimum atomic E-state index is -3.40. The van der Waals surface area contributed by atoms with Gasteiger partial charge in [-0.25, -0.2) is 26.7 Å². The molecule has 0 aromatic carbocycles. The molecule has 0 rings (SSSR count). The number of likely N-dealkylation sites (N-methyl/N-ethyl adjacent to an activating group) is 1. The molecule has 0 amide bonds. The zero-order chi connectivity index (χ0) is 32.1. The van der Waals surface area contributed by atoms with E-state index in [0.717, 1.165) is 25.2 Å². The maximum atomic E-state index is 11.1. The highest BCUT2D eigenvalue weighted by molar-refractivity contribution is 7.55. The third kappa shape index (κ3) is 57.6. The molecule has 17 nitrogen and oxygen atoms in total. The van der Waals surface area contributed by atoms with E-state index in [4.69, 9.17) is 9.42 Å². The molecule has 0 fully saturated rings. The molecule has 44 heavy (non-hydrogen) atoms. The van der Waals surface area contributed by atoms with E-state index in [-0.39, 0.29) is 43.7 Å². The van der Waals surface area contributed by atoms with Crippen LogP contribution in [0.3, 0.4) is 0 Å². The lowest BCUT2D eigenvalue weighted by Gasteiger charge is -2.25. The van der Waals surface area contributed by atoms with E-state index in [1.165, 1.54) is 14.2 Å². The van der Waals surface area contributed by atoms with Gasteiger partial charge in [0.2, 0.25) is 0 Å². The van der Waals surface area contributed by atoms with Crippen LogP contribution in [0.5, 0.6) is 0 Å². The fraction of sp³-hybridized carbons (Fsp3) is 0.783. The molecule has 0 aliphatic heterocycles. The van der Waals surface area contributed by atoms with Crippen LogP contribution in [0.2, 0.25) is 0 Å². The predicted molar refractivity (Wildman–Crippen MR) is 176 cm³/mol. The zero-order valence-electron chi connectivity index (χ0n) is 23.8. The summed E-state index contributed by atoms with van der Waals surface area (Å²) in [6.07, 6.45) is 0. The number of hydrogen-bond acceptors (Lipinski definition) is 13. The predicted octanol–water partition coefficient (Wildman–Crippen LogP) is 3.00. The number of nitrogens with zero attached hydrogens (tertiary/aromatic N) is 1. The highest BCUT2D eigenvalue weighted by atomic mass is 31.2. The average molecular weight is 734 g/mol. The Bertz CT molecular complexity index is 839. The number of hydrogen-bond donors (Lipinski definition) is 3. The van der Waals surface area contributed by atoms with Crippen LogP contribution in [0.1, 0.15) is 37.1 Å². The van der Waals surface area contributed by atoms with Crippen molar-refractivity contribution in [1.29, 1.82) is 0 Å². The molecule has 5 atom stereocenters. The van der Waals surface area contributed by atoms with Gasteiger partial charge in [0, 0.05) is 28.4 Å². The van der Waals surface area contributed by atoms with Crippen LogP contribution in [0.4, 0.5) is 0 Å². The first-order valence-corrected chi connectivity index (χ1v) is 17.6. The molecular formula is C23H67N3O14P4-2. The largest absolute Gasteiger partial charge is 0.544 e. The lowest BCUT2D eigenvalue weighted by atomic mass is 10.3. The Morgan fingerprint density at radius 2 is 1.05 bits per heavy atom. The number of aliphatic carboxylic acids is 1. The third-order valence-corrected chi connectivity index (χ3v) is 7.34. The van der Waals surface area contributed by atoms with Gasteiger partial charge in [-0.2, -0.15) is 0 Å². The first-order valence-electron chi connectivity index (χ1n) is 10.6. The maximum Gasteiger partial charge on any atom is 0.184 e. The summed E-state index contributed by atoms with van der Waals surface area (Å²) in [5.41, 5.74) is 6.68. The standard InChI is InChI=1S/C7H18NO3P.C5H11NO5P.C4H11NO3P.C2H6O3P.5CH4/c1-8(2,3)6-7-11-12(5,9)10-4;1-10-12(2,9)11-3-4(6)5(7)8;1-7-9(2,6)8-4-3-5;1-5-6(2,3)4;;;;;/h5-7H2,1-4H3;4H,2-3,6H2,1H3,(H,7,8);2-5H2,1H3;2H2,1H3,(H,3,4);5*1H4/q;3*-1;;;;;/p+1. The topological polar surface area (TPSA) is 249 Å². The van der Waals surface area contributed by atoms with Gasteiger partial charge in [-0.3, -0.25) is 18.3 Å². The molecule has 7 N–H and O–H groups in total. The van der Waals surface area contributed by atoms with E-state index in [1.807, 2.05) is 21.1 Å². The first kappa shape index (κ1) is 66.4. The quantitative estimate of drug-likeness (QED) is 0.124. The van der Waals surface area contributed by atoms with Crippen molar-refractivity contribution in [1.82, 2.24) is 0 Å². The van der Waals surface area contributed by atoms with Crippen LogP contribution >= 0.6 is 30.4 Å². The Kier molecular flexibility index (Phi) is 49.6. The van der Waals surface area contributed by atoms with Gasteiger partial charge in [0.1, 0.15) is 38.4 Å². The smallest absolute Gasteiger partial charge is 0.184 e. The van der Waals surface area contributed by atoms with E-state index in [9.17, 15) is 28.2 Å². The molecular weight excluding hydrogens is 666 g/mol. The fourth-order valence-corrected chi connectivity index (χ4v) is 2.58. The van der Waals surface area contributed by atoms with E-state index in [2.05, 4.69) is 65.3 Å². The monoisotopic (exact) mass is 733 g/mol. The molecule has 0 spiro atoms. The molecule has 0 bridgehead atoms. The van der Waals surface area contributed by atoms with Crippen LogP contribution in [-0.2, 0) is 54.7 Å². The summed E-state index contributed by atoms with van der Waals surface area (Å²) in [5.74, 6) is -1.37. The number of quaternary nitrogens is 3. The van der Waals surface area contributed by atoms with Gasteiger partial charge in [-0.1, -0.05) is 37.1 Å². The third-order valence-electron chi connectivity index (χ3n) is 3.41. The molecule has 0 aromatic rings. The molecule has 280 valence electrons. The molecule has 5 unspecified atom stereocenters. The van der Waals surface area contributed by atoms with Crippen molar-refractivity contribution in [3.63, 3.8) is 0 Å². The van der Waals surface area contributed by atoms with Crippen LogP contribution in [0.15, 0.2) is 0 Å². The van der Waals surface area contributed by atoms with E-state index >= 15 is 0 Å². The highest BCUT2D eigenvalue weighted by Gasteiger charge is 2.13. The Balaban J connectivity index is -0.0000000524. The van der Waals surface area contributed by atoms with Crippen molar-refractivity contribution in [3.8, 4) is 0 Å². The Hall–Kier alpha value is -0.0500. The molecule has 21 heteroatoms. The number of carboxylic acid groups (broad SMARTS) is 1. The second-order valence-corrected chi connectivity index (χ2v) is 15.2. The van der Waals surface area contributed by atoms with Crippen molar-refractivity contribution < 1.29 is 80.7 Å². The molecule has 0 aliphatic rings. The van der Waals surface area contributed by atoms with Gasteiger partial charge >= 0.3 is 0 Å². The van der Waals surface area contributed by atoms with Crippen LogP contribution in [0.25, 0.3) is 0 Å². The van der Waals surface area contributed by atoms with Gasteiger partial charge in [0.15, 0.2) is 30.4 Å². The Morgan fingerprint density at radius 1 is 0.750 bits per heavy atom. The van der Waals surface area contributed by atoms with Crippen LogP contribution in [0, 0.1) is 26.7 Å². The van der Waals surface area contributed by atoms with Crippen molar-refractivity contribution in [2.24, 2.45) is 0 Å². The lowest BCUT2D eigenvalue weighted by molar-refractivity contribution is -0.870. The summed E-state index contributed by atoms with van der Waals surface area (Å²) in [4.78, 5) is 18.1. The van der Waals surface area contributed by atoms with E-state index in [0.29, 0.717) is 19.8 Å². The van der Waals surface area contributed by atoms with E-state index < -0.39 is 42.4 Å². The van der Waals surface area contributed by atoms with Gasteiger partial charge in [-0.05, 0) is 0 Å². The number of carboxylic acids is 1. The average Bonchev–Trinajstić information content (AvgIpc) is 2.81. The molecule has 0 saturated heterocycles. The number of carbonyl (C=O) groups is 1. The maximum absolute atomic E-state index is 11.1. The van der Waals surface area contributed by atoms with Crippen molar-refractivity contribution in [2.75, 3.05) is 82.5 Å². The van der Waals surface area contributed by atoms with Crippen molar-refractivity contribution in [3.05, 3.63) is 26.7 Å². The summed E-state index contributed by atoms with van der Waals surface area (Å²) in [6, 6.07) is -1.07. The second kappa shape index (κ2) is 32.9. The molecule has 0 radical (unpaired) electrons. The normalized spacial score (nSPS) is 16.0. The minimum absolute atomic E-state index is 0. The zero-order valence-corrected chi connectivity index (χ0v) is 27.4. The Morgan fingerprint density at radius 3 is 1.27 bits per heavy atom. The van der Waals surface area contributed by atoms with Gasteiger partial charge in [0.05, 0.1) is 27.7 Å².